The van der Waals surface area contributed by atoms with E-state index in [1.54, 1.807) is 18.2 Å². The molecule has 16 heavy (non-hydrogen) atoms. The SMILES string of the molecule is COc1c(Cl)cccc1NC(=O)NCCO. The van der Waals surface area contributed by atoms with Crippen molar-refractivity contribution in [3.63, 3.8) is 0 Å². The van der Waals surface area contributed by atoms with Gasteiger partial charge in [-0.1, -0.05) is 17.7 Å². The summed E-state index contributed by atoms with van der Waals surface area (Å²) in [5, 5.41) is 14.0. The number of hydrogen-bond acceptors (Lipinski definition) is 3. The maximum Gasteiger partial charge on any atom is 0.319 e. The van der Waals surface area contributed by atoms with E-state index in [-0.39, 0.29) is 13.2 Å². The smallest absolute Gasteiger partial charge is 0.319 e. The van der Waals surface area contributed by atoms with Crippen LogP contribution in [0.5, 0.6) is 5.75 Å². The number of rotatable bonds is 4. The molecular formula is C10H13ClN2O3. The van der Waals surface area contributed by atoms with Gasteiger partial charge in [0.1, 0.15) is 0 Å². The van der Waals surface area contributed by atoms with Crippen molar-refractivity contribution in [1.82, 2.24) is 5.32 Å². The average Bonchev–Trinajstić information content (AvgIpc) is 2.27. The van der Waals surface area contributed by atoms with E-state index in [9.17, 15) is 4.79 Å². The van der Waals surface area contributed by atoms with Crippen LogP contribution in [-0.2, 0) is 0 Å². The monoisotopic (exact) mass is 244 g/mol. The summed E-state index contributed by atoms with van der Waals surface area (Å²) in [6, 6.07) is 4.61. The van der Waals surface area contributed by atoms with Gasteiger partial charge in [-0.05, 0) is 12.1 Å². The van der Waals surface area contributed by atoms with E-state index < -0.39 is 6.03 Å². The molecule has 0 bridgehead atoms. The lowest BCUT2D eigenvalue weighted by molar-refractivity contribution is 0.244. The van der Waals surface area contributed by atoms with Gasteiger partial charge in [-0.2, -0.15) is 0 Å². The Labute approximate surface area is 98.4 Å². The van der Waals surface area contributed by atoms with Crippen LogP contribution in [0.4, 0.5) is 10.5 Å². The van der Waals surface area contributed by atoms with E-state index in [0.29, 0.717) is 16.5 Å². The van der Waals surface area contributed by atoms with Gasteiger partial charge >= 0.3 is 6.03 Å². The second-order valence-corrected chi connectivity index (χ2v) is 3.33. The Hall–Kier alpha value is -1.46. The highest BCUT2D eigenvalue weighted by molar-refractivity contribution is 6.32. The van der Waals surface area contributed by atoms with Crippen molar-refractivity contribution in [3.05, 3.63) is 23.2 Å². The number of amides is 2. The number of anilines is 1. The van der Waals surface area contributed by atoms with Crippen LogP contribution >= 0.6 is 11.6 Å². The number of ether oxygens (including phenoxy) is 1. The lowest BCUT2D eigenvalue weighted by atomic mass is 10.3. The highest BCUT2D eigenvalue weighted by atomic mass is 35.5. The van der Waals surface area contributed by atoms with E-state index in [4.69, 9.17) is 21.4 Å². The average molecular weight is 245 g/mol. The molecule has 0 atom stereocenters. The molecule has 5 nitrogen and oxygen atoms in total. The molecule has 0 aliphatic heterocycles. The third-order valence-corrected chi connectivity index (χ3v) is 2.11. The van der Waals surface area contributed by atoms with Gasteiger partial charge in [0.05, 0.1) is 24.4 Å². The number of benzene rings is 1. The molecular weight excluding hydrogens is 232 g/mol. The van der Waals surface area contributed by atoms with Crippen molar-refractivity contribution in [1.29, 1.82) is 0 Å². The first kappa shape index (κ1) is 12.6. The molecule has 0 radical (unpaired) electrons. The van der Waals surface area contributed by atoms with Crippen LogP contribution in [0.3, 0.4) is 0 Å². The van der Waals surface area contributed by atoms with Crippen LogP contribution in [-0.4, -0.2) is 31.4 Å². The molecule has 1 aromatic rings. The number of urea groups is 1. The second kappa shape index (κ2) is 6.19. The molecule has 0 heterocycles. The first-order chi connectivity index (χ1) is 7.69. The molecule has 2 amide bonds. The van der Waals surface area contributed by atoms with E-state index in [1.807, 2.05) is 0 Å². The third-order valence-electron chi connectivity index (χ3n) is 1.82. The molecule has 88 valence electrons. The number of aliphatic hydroxyl groups excluding tert-OH is 1. The third kappa shape index (κ3) is 3.29. The van der Waals surface area contributed by atoms with Crippen molar-refractivity contribution in [2.45, 2.75) is 0 Å². The number of carbonyl (C=O) groups is 1. The Kier molecular flexibility index (Phi) is 4.88. The maximum absolute atomic E-state index is 11.3. The topological polar surface area (TPSA) is 70.6 Å². The molecule has 0 unspecified atom stereocenters. The predicted molar refractivity (Wildman–Crippen MR) is 62.1 cm³/mol. The second-order valence-electron chi connectivity index (χ2n) is 2.93. The van der Waals surface area contributed by atoms with E-state index in [2.05, 4.69) is 10.6 Å². The molecule has 0 spiro atoms. The highest BCUT2D eigenvalue weighted by Crippen LogP contribution is 2.32. The summed E-state index contributed by atoms with van der Waals surface area (Å²) >= 11 is 5.88. The van der Waals surface area contributed by atoms with Crippen LogP contribution in [0.25, 0.3) is 0 Å². The van der Waals surface area contributed by atoms with Crippen LogP contribution in [0.1, 0.15) is 0 Å². The summed E-state index contributed by atoms with van der Waals surface area (Å²) in [5.74, 6) is 0.406. The number of nitrogens with one attached hydrogen (secondary N) is 2. The first-order valence-electron chi connectivity index (χ1n) is 4.67. The number of aliphatic hydroxyl groups is 1. The summed E-state index contributed by atoms with van der Waals surface area (Å²) in [6.07, 6.45) is 0. The van der Waals surface area contributed by atoms with Gasteiger partial charge in [0, 0.05) is 6.54 Å². The molecule has 0 aliphatic rings. The number of para-hydroxylation sites is 1. The first-order valence-corrected chi connectivity index (χ1v) is 5.05. The summed E-state index contributed by atoms with van der Waals surface area (Å²) in [5.41, 5.74) is 0.477. The van der Waals surface area contributed by atoms with Gasteiger partial charge < -0.3 is 20.5 Å². The largest absolute Gasteiger partial charge is 0.493 e. The minimum Gasteiger partial charge on any atom is -0.493 e. The zero-order valence-corrected chi connectivity index (χ0v) is 9.54. The fourth-order valence-corrected chi connectivity index (χ4v) is 1.40. The van der Waals surface area contributed by atoms with Gasteiger partial charge in [0.15, 0.2) is 5.75 Å². The van der Waals surface area contributed by atoms with Crippen LogP contribution in [0.15, 0.2) is 18.2 Å². The van der Waals surface area contributed by atoms with E-state index in [0.717, 1.165) is 0 Å². The zero-order valence-electron chi connectivity index (χ0n) is 8.79. The molecule has 0 aliphatic carbocycles. The van der Waals surface area contributed by atoms with Crippen molar-refractivity contribution in [2.24, 2.45) is 0 Å². The normalized spacial score (nSPS) is 9.69. The van der Waals surface area contributed by atoms with Gasteiger partial charge in [0.25, 0.3) is 0 Å². The standard InChI is InChI=1S/C10H13ClN2O3/c1-16-9-7(11)3-2-4-8(9)13-10(15)12-5-6-14/h2-4,14H,5-6H2,1H3,(H2,12,13,15). The Bertz CT molecular complexity index is 371. The quantitative estimate of drug-likeness (QED) is 0.751. The number of halogens is 1. The summed E-state index contributed by atoms with van der Waals surface area (Å²) in [4.78, 5) is 11.3. The summed E-state index contributed by atoms with van der Waals surface area (Å²) < 4.78 is 5.06. The Morgan fingerprint density at radius 2 is 2.31 bits per heavy atom. The lowest BCUT2D eigenvalue weighted by Gasteiger charge is -2.11. The molecule has 0 fully saturated rings. The predicted octanol–water partition coefficient (Wildman–Crippen LogP) is 1.46. The van der Waals surface area contributed by atoms with Crippen molar-refractivity contribution < 1.29 is 14.6 Å². The minimum absolute atomic E-state index is 0.111. The fraction of sp³-hybridized carbons (Fsp3) is 0.300. The van der Waals surface area contributed by atoms with Crippen molar-refractivity contribution in [2.75, 3.05) is 25.6 Å². The van der Waals surface area contributed by atoms with Gasteiger partial charge in [-0.3, -0.25) is 0 Å². The molecule has 6 heteroatoms. The Morgan fingerprint density at radius 1 is 1.56 bits per heavy atom. The molecule has 1 rings (SSSR count). The van der Waals surface area contributed by atoms with Crippen LogP contribution < -0.4 is 15.4 Å². The molecule has 3 N–H and O–H groups in total. The van der Waals surface area contributed by atoms with Crippen molar-refractivity contribution in [3.8, 4) is 5.75 Å². The lowest BCUT2D eigenvalue weighted by Crippen LogP contribution is -2.31. The van der Waals surface area contributed by atoms with Crippen LogP contribution in [0, 0.1) is 0 Å². The summed E-state index contributed by atoms with van der Waals surface area (Å²) in [7, 11) is 1.47. The maximum atomic E-state index is 11.3. The molecule has 1 aromatic carbocycles. The van der Waals surface area contributed by atoms with Gasteiger partial charge in [-0.25, -0.2) is 4.79 Å². The number of carbonyl (C=O) groups excluding carboxylic acids is 1. The highest BCUT2D eigenvalue weighted by Gasteiger charge is 2.09. The van der Waals surface area contributed by atoms with Gasteiger partial charge in [0.2, 0.25) is 0 Å². The van der Waals surface area contributed by atoms with Crippen molar-refractivity contribution >= 4 is 23.3 Å². The minimum atomic E-state index is -0.422. The van der Waals surface area contributed by atoms with Crippen LogP contribution in [0.2, 0.25) is 5.02 Å². The van der Waals surface area contributed by atoms with E-state index in [1.165, 1.54) is 7.11 Å². The fourth-order valence-electron chi connectivity index (χ4n) is 1.15. The molecule has 0 aromatic heterocycles. The number of methoxy groups -OCH3 is 1. The molecule has 0 saturated carbocycles. The van der Waals surface area contributed by atoms with E-state index >= 15 is 0 Å². The Morgan fingerprint density at radius 3 is 2.94 bits per heavy atom. The summed E-state index contributed by atoms with van der Waals surface area (Å²) in [6.45, 7) is 0.0782. The molecule has 0 saturated heterocycles. The Balaban J connectivity index is 2.73. The number of hydrogen-bond donors (Lipinski definition) is 3. The van der Waals surface area contributed by atoms with Gasteiger partial charge in [-0.15, -0.1) is 0 Å². The zero-order chi connectivity index (χ0) is 12.0.